The SMILES string of the molecule is C=CCNc1nnc(SCC(=O)N(CCC)[C@H]2CCS(=O)(=O)C2)s1. The van der Waals surface area contributed by atoms with E-state index in [1.165, 1.54) is 23.1 Å². The van der Waals surface area contributed by atoms with Crippen molar-refractivity contribution >= 4 is 44.0 Å². The number of carbonyl (C=O) groups is 1. The highest BCUT2D eigenvalue weighted by Gasteiger charge is 2.34. The number of nitrogens with zero attached hydrogens (tertiary/aromatic N) is 3. The van der Waals surface area contributed by atoms with Crippen LogP contribution in [0.3, 0.4) is 0 Å². The van der Waals surface area contributed by atoms with Gasteiger partial charge >= 0.3 is 0 Å². The van der Waals surface area contributed by atoms with Crippen molar-refractivity contribution in [1.29, 1.82) is 0 Å². The molecule has 0 aliphatic carbocycles. The topological polar surface area (TPSA) is 92.3 Å². The fourth-order valence-electron chi connectivity index (χ4n) is 2.48. The second-order valence-corrected chi connectivity index (χ2v) is 9.90. The summed E-state index contributed by atoms with van der Waals surface area (Å²) in [6, 6.07) is -0.192. The molecule has 2 heterocycles. The van der Waals surface area contributed by atoms with Gasteiger partial charge in [-0.15, -0.1) is 16.8 Å². The fraction of sp³-hybridized carbons (Fsp3) is 0.643. The molecule has 10 heteroatoms. The van der Waals surface area contributed by atoms with Crippen LogP contribution in [0.5, 0.6) is 0 Å². The van der Waals surface area contributed by atoms with Gasteiger partial charge in [0.2, 0.25) is 11.0 Å². The predicted octanol–water partition coefficient (Wildman–Crippen LogP) is 1.65. The summed E-state index contributed by atoms with van der Waals surface area (Å²) in [6.45, 7) is 6.80. The van der Waals surface area contributed by atoms with Crippen molar-refractivity contribution in [1.82, 2.24) is 15.1 Å². The van der Waals surface area contributed by atoms with E-state index in [0.717, 1.165) is 6.42 Å². The lowest BCUT2D eigenvalue weighted by Gasteiger charge is -2.27. The van der Waals surface area contributed by atoms with Crippen molar-refractivity contribution in [2.24, 2.45) is 0 Å². The number of anilines is 1. The lowest BCUT2D eigenvalue weighted by atomic mass is 10.2. The number of aromatic nitrogens is 2. The van der Waals surface area contributed by atoms with E-state index < -0.39 is 9.84 Å². The highest BCUT2D eigenvalue weighted by molar-refractivity contribution is 8.01. The number of nitrogens with one attached hydrogen (secondary N) is 1. The molecular formula is C14H22N4O3S3. The standard InChI is InChI=1S/C14H22N4O3S3/c1-3-6-15-13-16-17-14(23-13)22-9-12(19)18(7-4-2)11-5-8-24(20,21)10-11/h3,11H,1,4-10H2,2H3,(H,15,16)/t11-/m0/s1. The molecule has 2 rings (SSSR count). The summed E-state index contributed by atoms with van der Waals surface area (Å²) in [5.41, 5.74) is 0. The molecule has 0 bridgehead atoms. The van der Waals surface area contributed by atoms with Gasteiger partial charge < -0.3 is 10.2 Å². The zero-order chi connectivity index (χ0) is 17.6. The number of amides is 1. The minimum atomic E-state index is -3.00. The number of thioether (sulfide) groups is 1. The number of carbonyl (C=O) groups excluding carboxylic acids is 1. The van der Waals surface area contributed by atoms with Crippen LogP contribution in [-0.2, 0) is 14.6 Å². The van der Waals surface area contributed by atoms with Gasteiger partial charge in [-0.1, -0.05) is 36.1 Å². The summed E-state index contributed by atoms with van der Waals surface area (Å²) in [5.74, 6) is 0.456. The Kier molecular flexibility index (Phi) is 7.05. The summed E-state index contributed by atoms with van der Waals surface area (Å²) < 4.78 is 24.0. The first-order valence-corrected chi connectivity index (χ1v) is 11.4. The van der Waals surface area contributed by atoms with E-state index in [9.17, 15) is 13.2 Å². The molecule has 0 aromatic carbocycles. The second-order valence-electron chi connectivity index (χ2n) is 5.48. The van der Waals surface area contributed by atoms with Crippen LogP contribution in [0.15, 0.2) is 17.0 Å². The van der Waals surface area contributed by atoms with Crippen molar-refractivity contribution in [3.05, 3.63) is 12.7 Å². The average Bonchev–Trinajstić information content (AvgIpc) is 3.14. The largest absolute Gasteiger partial charge is 0.357 e. The molecule has 0 radical (unpaired) electrons. The van der Waals surface area contributed by atoms with E-state index in [0.29, 0.717) is 29.0 Å². The minimum Gasteiger partial charge on any atom is -0.357 e. The van der Waals surface area contributed by atoms with Crippen LogP contribution in [0, 0.1) is 0 Å². The Balaban J connectivity index is 1.91. The highest BCUT2D eigenvalue weighted by atomic mass is 32.2. The van der Waals surface area contributed by atoms with Crippen LogP contribution in [0.25, 0.3) is 0 Å². The Hall–Kier alpha value is -1.13. The van der Waals surface area contributed by atoms with Crippen LogP contribution >= 0.6 is 23.1 Å². The van der Waals surface area contributed by atoms with Gasteiger partial charge in [-0.25, -0.2) is 8.42 Å². The van der Waals surface area contributed by atoms with Crippen molar-refractivity contribution in [3.63, 3.8) is 0 Å². The van der Waals surface area contributed by atoms with E-state index in [1.54, 1.807) is 11.0 Å². The third-order valence-corrected chi connectivity index (χ3v) is 7.31. The number of sulfone groups is 1. The number of hydrogen-bond donors (Lipinski definition) is 1. The molecule has 0 saturated carbocycles. The third-order valence-electron chi connectivity index (χ3n) is 3.56. The first-order valence-electron chi connectivity index (χ1n) is 7.76. The van der Waals surface area contributed by atoms with E-state index in [1.807, 2.05) is 6.92 Å². The number of hydrogen-bond acceptors (Lipinski definition) is 8. The van der Waals surface area contributed by atoms with Crippen LogP contribution in [0.4, 0.5) is 5.13 Å². The monoisotopic (exact) mass is 390 g/mol. The van der Waals surface area contributed by atoms with Gasteiger partial charge in [0, 0.05) is 19.1 Å². The average molecular weight is 391 g/mol. The van der Waals surface area contributed by atoms with Crippen molar-refractivity contribution in [3.8, 4) is 0 Å². The first kappa shape index (κ1) is 19.2. The predicted molar refractivity (Wildman–Crippen MR) is 98.4 cm³/mol. The Morgan fingerprint density at radius 3 is 2.96 bits per heavy atom. The molecule has 1 N–H and O–H groups in total. The molecular weight excluding hydrogens is 368 g/mol. The molecule has 1 aromatic rings. The molecule has 1 fully saturated rings. The lowest BCUT2D eigenvalue weighted by Crippen LogP contribution is -2.42. The summed E-state index contributed by atoms with van der Waals surface area (Å²) in [4.78, 5) is 14.2. The van der Waals surface area contributed by atoms with E-state index >= 15 is 0 Å². The van der Waals surface area contributed by atoms with Gasteiger partial charge in [0.05, 0.1) is 17.3 Å². The molecule has 24 heavy (non-hydrogen) atoms. The van der Waals surface area contributed by atoms with Gasteiger partial charge in [0.15, 0.2) is 14.2 Å². The van der Waals surface area contributed by atoms with Crippen LogP contribution in [-0.4, -0.2) is 65.8 Å². The highest BCUT2D eigenvalue weighted by Crippen LogP contribution is 2.26. The first-order chi connectivity index (χ1) is 11.4. The summed E-state index contributed by atoms with van der Waals surface area (Å²) in [7, 11) is -3.00. The molecule has 1 aliphatic heterocycles. The van der Waals surface area contributed by atoms with Crippen LogP contribution < -0.4 is 5.32 Å². The second kappa shape index (κ2) is 8.82. The Bertz CT molecular complexity index is 675. The summed E-state index contributed by atoms with van der Waals surface area (Å²) in [5, 5.41) is 11.8. The minimum absolute atomic E-state index is 0.0419. The van der Waals surface area contributed by atoms with Gasteiger partial charge in [0.1, 0.15) is 0 Å². The zero-order valence-corrected chi connectivity index (χ0v) is 16.1. The molecule has 7 nitrogen and oxygen atoms in total. The normalized spacial score (nSPS) is 19.1. The van der Waals surface area contributed by atoms with Crippen molar-refractivity contribution < 1.29 is 13.2 Å². The van der Waals surface area contributed by atoms with Crippen molar-refractivity contribution in [2.75, 3.05) is 35.7 Å². The Labute approximate surface area is 150 Å². The Morgan fingerprint density at radius 2 is 2.33 bits per heavy atom. The van der Waals surface area contributed by atoms with Gasteiger partial charge in [0.25, 0.3) is 0 Å². The smallest absolute Gasteiger partial charge is 0.233 e. The van der Waals surface area contributed by atoms with E-state index in [2.05, 4.69) is 22.1 Å². The zero-order valence-electron chi connectivity index (χ0n) is 13.6. The Morgan fingerprint density at radius 1 is 1.54 bits per heavy atom. The van der Waals surface area contributed by atoms with Crippen LogP contribution in [0.1, 0.15) is 19.8 Å². The van der Waals surface area contributed by atoms with Gasteiger partial charge in [-0.05, 0) is 12.8 Å². The van der Waals surface area contributed by atoms with Crippen LogP contribution in [0.2, 0.25) is 0 Å². The van der Waals surface area contributed by atoms with Crippen molar-refractivity contribution in [2.45, 2.75) is 30.1 Å². The quantitative estimate of drug-likeness (QED) is 0.506. The van der Waals surface area contributed by atoms with Gasteiger partial charge in [-0.2, -0.15) is 0 Å². The maximum absolute atomic E-state index is 12.5. The van der Waals surface area contributed by atoms with E-state index in [-0.39, 0.29) is 29.2 Å². The molecule has 134 valence electrons. The van der Waals surface area contributed by atoms with E-state index in [4.69, 9.17) is 0 Å². The maximum atomic E-state index is 12.5. The molecule has 0 spiro atoms. The third kappa shape index (κ3) is 5.45. The summed E-state index contributed by atoms with van der Waals surface area (Å²) >= 11 is 2.72. The molecule has 1 amide bonds. The molecule has 1 aliphatic rings. The number of rotatable bonds is 9. The molecule has 1 aromatic heterocycles. The molecule has 1 saturated heterocycles. The lowest BCUT2D eigenvalue weighted by molar-refractivity contribution is -0.130. The maximum Gasteiger partial charge on any atom is 0.233 e. The molecule has 1 atom stereocenters. The molecule has 0 unspecified atom stereocenters. The summed E-state index contributed by atoms with van der Waals surface area (Å²) in [6.07, 6.45) is 3.07. The fourth-order valence-corrected chi connectivity index (χ4v) is 5.85. The van der Waals surface area contributed by atoms with Gasteiger partial charge in [-0.3, -0.25) is 4.79 Å².